The molecule has 0 saturated carbocycles. The lowest BCUT2D eigenvalue weighted by Gasteiger charge is -2.20. The van der Waals surface area contributed by atoms with Gasteiger partial charge in [-0.05, 0) is 44.9 Å². The fourth-order valence-electron chi connectivity index (χ4n) is 3.08. The molecule has 1 heterocycles. The standard InChI is InChI=1S/C21H23NO5/c1-5-26-21(23)20-13(2)7-6-8-17(20)27-16-9-10-22-15-12-19(25-4)18(24-3)11-14(15)16/h8-12H,5-7H2,1-4H3. The molecule has 1 aromatic carbocycles. The van der Waals surface area contributed by atoms with Gasteiger partial charge in [0.15, 0.2) is 11.5 Å². The lowest BCUT2D eigenvalue weighted by atomic mass is 9.97. The minimum absolute atomic E-state index is 0.318. The van der Waals surface area contributed by atoms with Gasteiger partial charge in [-0.2, -0.15) is 0 Å². The summed E-state index contributed by atoms with van der Waals surface area (Å²) in [4.78, 5) is 16.8. The van der Waals surface area contributed by atoms with E-state index in [-0.39, 0.29) is 5.97 Å². The number of rotatable bonds is 6. The van der Waals surface area contributed by atoms with Gasteiger partial charge in [-0.25, -0.2) is 4.79 Å². The Labute approximate surface area is 158 Å². The number of hydrogen-bond donors (Lipinski definition) is 0. The van der Waals surface area contributed by atoms with Crippen molar-refractivity contribution in [3.8, 4) is 17.2 Å². The number of allylic oxidation sites excluding steroid dienone is 2. The summed E-state index contributed by atoms with van der Waals surface area (Å²) in [5.74, 6) is 1.91. The van der Waals surface area contributed by atoms with Crippen LogP contribution in [0.3, 0.4) is 0 Å². The molecular weight excluding hydrogens is 346 g/mol. The largest absolute Gasteiger partial charge is 0.493 e. The Morgan fingerprint density at radius 2 is 1.89 bits per heavy atom. The van der Waals surface area contributed by atoms with E-state index in [1.165, 1.54) is 0 Å². The van der Waals surface area contributed by atoms with Crippen LogP contribution >= 0.6 is 0 Å². The number of benzene rings is 1. The summed E-state index contributed by atoms with van der Waals surface area (Å²) >= 11 is 0. The first-order valence-corrected chi connectivity index (χ1v) is 8.85. The van der Waals surface area contributed by atoms with E-state index in [0.717, 1.165) is 23.8 Å². The average molecular weight is 369 g/mol. The van der Waals surface area contributed by atoms with E-state index in [4.69, 9.17) is 18.9 Å². The van der Waals surface area contributed by atoms with E-state index >= 15 is 0 Å². The fraction of sp³-hybridized carbons (Fsp3) is 0.333. The second kappa shape index (κ2) is 8.12. The van der Waals surface area contributed by atoms with Crippen LogP contribution in [0.2, 0.25) is 0 Å². The highest BCUT2D eigenvalue weighted by Gasteiger charge is 2.24. The van der Waals surface area contributed by atoms with Crippen molar-refractivity contribution >= 4 is 16.9 Å². The highest BCUT2D eigenvalue weighted by molar-refractivity contribution is 5.94. The Kier molecular flexibility index (Phi) is 5.64. The molecule has 0 spiro atoms. The topological polar surface area (TPSA) is 66.9 Å². The molecule has 0 saturated heterocycles. The molecule has 0 aliphatic heterocycles. The SMILES string of the molecule is CCOC(=O)C1=C(C)CCC=C1Oc1ccnc2cc(OC)c(OC)cc12. The van der Waals surface area contributed by atoms with Gasteiger partial charge in [-0.15, -0.1) is 0 Å². The zero-order chi connectivity index (χ0) is 19.4. The molecule has 2 aromatic rings. The third kappa shape index (κ3) is 3.74. The summed E-state index contributed by atoms with van der Waals surface area (Å²) in [5.41, 5.74) is 2.16. The maximum atomic E-state index is 12.4. The Hall–Kier alpha value is -3.02. The van der Waals surface area contributed by atoms with Crippen LogP contribution in [0.4, 0.5) is 0 Å². The predicted molar refractivity (Wildman–Crippen MR) is 102 cm³/mol. The lowest BCUT2D eigenvalue weighted by Crippen LogP contribution is -2.17. The molecule has 0 fully saturated rings. The number of carbonyl (C=O) groups excluding carboxylic acids is 1. The van der Waals surface area contributed by atoms with E-state index in [9.17, 15) is 4.79 Å². The number of esters is 1. The molecule has 0 amide bonds. The van der Waals surface area contributed by atoms with E-state index in [1.54, 1.807) is 39.5 Å². The van der Waals surface area contributed by atoms with Crippen molar-refractivity contribution in [3.05, 3.63) is 47.4 Å². The number of nitrogens with zero attached hydrogens (tertiary/aromatic N) is 1. The van der Waals surface area contributed by atoms with Crippen molar-refractivity contribution in [2.45, 2.75) is 26.7 Å². The summed E-state index contributed by atoms with van der Waals surface area (Å²) in [5, 5.41) is 0.766. The van der Waals surface area contributed by atoms with Crippen LogP contribution in [-0.2, 0) is 9.53 Å². The normalized spacial score (nSPS) is 14.0. The molecule has 0 N–H and O–H groups in total. The molecule has 142 valence electrons. The van der Waals surface area contributed by atoms with Gasteiger partial charge in [-0.1, -0.05) is 5.57 Å². The van der Waals surface area contributed by atoms with Gasteiger partial charge in [0, 0.05) is 17.6 Å². The van der Waals surface area contributed by atoms with E-state index in [2.05, 4.69) is 4.98 Å². The summed E-state index contributed by atoms with van der Waals surface area (Å²) < 4.78 is 22.1. The minimum atomic E-state index is -0.362. The number of pyridine rings is 1. The Bertz CT molecular complexity index is 930. The van der Waals surface area contributed by atoms with Crippen molar-refractivity contribution in [1.29, 1.82) is 0 Å². The highest BCUT2D eigenvalue weighted by atomic mass is 16.5. The first-order valence-electron chi connectivity index (χ1n) is 8.85. The van der Waals surface area contributed by atoms with Crippen LogP contribution < -0.4 is 14.2 Å². The molecule has 3 rings (SSSR count). The van der Waals surface area contributed by atoms with E-state index < -0.39 is 0 Å². The van der Waals surface area contributed by atoms with Gasteiger partial charge in [0.2, 0.25) is 0 Å². The fourth-order valence-corrected chi connectivity index (χ4v) is 3.08. The van der Waals surface area contributed by atoms with Crippen LogP contribution in [0.5, 0.6) is 17.2 Å². The molecule has 27 heavy (non-hydrogen) atoms. The molecule has 0 atom stereocenters. The zero-order valence-corrected chi connectivity index (χ0v) is 16.0. The molecule has 0 radical (unpaired) electrons. The zero-order valence-electron chi connectivity index (χ0n) is 16.0. The molecule has 6 nitrogen and oxygen atoms in total. The third-order valence-electron chi connectivity index (χ3n) is 4.43. The first-order chi connectivity index (χ1) is 13.1. The number of ether oxygens (including phenoxy) is 4. The molecule has 0 bridgehead atoms. The average Bonchev–Trinajstić information content (AvgIpc) is 2.67. The van der Waals surface area contributed by atoms with Crippen molar-refractivity contribution in [2.24, 2.45) is 0 Å². The van der Waals surface area contributed by atoms with Crippen molar-refractivity contribution in [3.63, 3.8) is 0 Å². The van der Waals surface area contributed by atoms with Crippen molar-refractivity contribution in [1.82, 2.24) is 4.98 Å². The maximum absolute atomic E-state index is 12.4. The smallest absolute Gasteiger partial charge is 0.341 e. The summed E-state index contributed by atoms with van der Waals surface area (Å²) in [7, 11) is 3.16. The Morgan fingerprint density at radius 3 is 2.59 bits per heavy atom. The van der Waals surface area contributed by atoms with Gasteiger partial charge >= 0.3 is 5.97 Å². The monoisotopic (exact) mass is 369 g/mol. The number of aromatic nitrogens is 1. The minimum Gasteiger partial charge on any atom is -0.493 e. The van der Waals surface area contributed by atoms with Gasteiger partial charge < -0.3 is 18.9 Å². The van der Waals surface area contributed by atoms with Crippen LogP contribution in [0.15, 0.2) is 47.4 Å². The molecule has 0 unspecified atom stereocenters. The lowest BCUT2D eigenvalue weighted by molar-refractivity contribution is -0.138. The molecule has 1 aromatic heterocycles. The molecular formula is C21H23NO5. The molecule has 1 aliphatic rings. The summed E-state index contributed by atoms with van der Waals surface area (Å²) in [6, 6.07) is 5.38. The quantitative estimate of drug-likeness (QED) is 0.712. The van der Waals surface area contributed by atoms with Crippen molar-refractivity contribution in [2.75, 3.05) is 20.8 Å². The maximum Gasteiger partial charge on any atom is 0.341 e. The van der Waals surface area contributed by atoms with Gasteiger partial charge in [0.05, 0.1) is 26.3 Å². The second-order valence-corrected chi connectivity index (χ2v) is 6.12. The van der Waals surface area contributed by atoms with Crippen LogP contribution in [-0.4, -0.2) is 31.8 Å². The molecule has 6 heteroatoms. The number of hydrogen-bond acceptors (Lipinski definition) is 6. The molecule has 1 aliphatic carbocycles. The Morgan fingerprint density at radius 1 is 1.15 bits per heavy atom. The van der Waals surface area contributed by atoms with Crippen molar-refractivity contribution < 1.29 is 23.7 Å². The summed E-state index contributed by atoms with van der Waals surface area (Å²) in [6.45, 7) is 4.04. The van der Waals surface area contributed by atoms with Gasteiger partial charge in [0.25, 0.3) is 0 Å². The second-order valence-electron chi connectivity index (χ2n) is 6.12. The van der Waals surface area contributed by atoms with Gasteiger partial charge in [-0.3, -0.25) is 4.98 Å². The predicted octanol–water partition coefficient (Wildman–Crippen LogP) is 4.19. The van der Waals surface area contributed by atoms with Crippen LogP contribution in [0.1, 0.15) is 26.7 Å². The third-order valence-corrected chi connectivity index (χ3v) is 4.43. The number of fused-ring (bicyclic) bond motifs is 1. The van der Waals surface area contributed by atoms with Crippen LogP contribution in [0.25, 0.3) is 10.9 Å². The number of methoxy groups -OCH3 is 2. The van der Waals surface area contributed by atoms with E-state index in [1.807, 2.05) is 19.1 Å². The van der Waals surface area contributed by atoms with Gasteiger partial charge in [0.1, 0.15) is 17.1 Å². The first kappa shape index (κ1) is 18.8. The Balaban J connectivity index is 2.03. The number of carbonyl (C=O) groups is 1. The van der Waals surface area contributed by atoms with E-state index in [0.29, 0.717) is 40.7 Å². The summed E-state index contributed by atoms with van der Waals surface area (Å²) in [6.07, 6.45) is 5.20. The highest BCUT2D eigenvalue weighted by Crippen LogP contribution is 2.37. The van der Waals surface area contributed by atoms with Crippen LogP contribution in [0, 0.1) is 0 Å².